The van der Waals surface area contributed by atoms with Gasteiger partial charge in [-0.15, -0.1) is 0 Å². The van der Waals surface area contributed by atoms with E-state index in [2.05, 4.69) is 20.4 Å². The van der Waals surface area contributed by atoms with E-state index in [4.69, 9.17) is 20.9 Å². The van der Waals surface area contributed by atoms with Crippen molar-refractivity contribution in [1.82, 2.24) is 20.4 Å². The highest BCUT2D eigenvalue weighted by Gasteiger charge is 2.25. The van der Waals surface area contributed by atoms with E-state index in [1.807, 2.05) is 24.3 Å². The van der Waals surface area contributed by atoms with E-state index in [1.165, 1.54) is 6.07 Å². The molecule has 1 amide bonds. The van der Waals surface area contributed by atoms with Crippen molar-refractivity contribution >= 4 is 29.3 Å². The summed E-state index contributed by atoms with van der Waals surface area (Å²) in [6, 6.07) is 12.2. The maximum Gasteiger partial charge on any atom is 0.241 e. The molecule has 35 heavy (non-hydrogen) atoms. The number of hydrogen-bond donors (Lipinski definition) is 1. The molecule has 1 aliphatic heterocycles. The SMILES string of the molecule is COc1ccc(-c2noc(CN3CCC(C(=O)NCCSCc4c(F)cccc4Cl)CC3)n2)cc1. The molecule has 1 saturated heterocycles. The van der Waals surface area contributed by atoms with Crippen molar-refractivity contribution in [1.29, 1.82) is 0 Å². The number of carbonyl (C=O) groups is 1. The van der Waals surface area contributed by atoms with E-state index < -0.39 is 0 Å². The number of ether oxygens (including phenoxy) is 1. The number of rotatable bonds is 10. The third-order valence-electron chi connectivity index (χ3n) is 5.99. The second-order valence-electron chi connectivity index (χ2n) is 8.33. The summed E-state index contributed by atoms with van der Waals surface area (Å²) in [5, 5.41) is 7.52. The Hall–Kier alpha value is -2.62. The fraction of sp³-hybridized carbons (Fsp3) is 0.400. The van der Waals surface area contributed by atoms with Gasteiger partial charge >= 0.3 is 0 Å². The Kier molecular flexibility index (Phi) is 9.01. The topological polar surface area (TPSA) is 80.5 Å². The van der Waals surface area contributed by atoms with E-state index in [-0.39, 0.29) is 17.6 Å². The number of halogens is 2. The number of benzene rings is 2. The maximum absolute atomic E-state index is 13.8. The van der Waals surface area contributed by atoms with Crippen LogP contribution in [-0.2, 0) is 17.1 Å². The predicted octanol–water partition coefficient (Wildman–Crippen LogP) is 4.80. The van der Waals surface area contributed by atoms with E-state index in [1.54, 1.807) is 31.0 Å². The van der Waals surface area contributed by atoms with Crippen LogP contribution in [0.1, 0.15) is 24.3 Å². The highest BCUT2D eigenvalue weighted by atomic mass is 35.5. The van der Waals surface area contributed by atoms with Crippen LogP contribution in [-0.4, -0.2) is 53.4 Å². The molecule has 0 radical (unpaired) electrons. The molecule has 1 aromatic heterocycles. The number of nitrogens with zero attached hydrogens (tertiary/aromatic N) is 3. The summed E-state index contributed by atoms with van der Waals surface area (Å²) in [7, 11) is 1.63. The van der Waals surface area contributed by atoms with E-state index in [0.717, 1.165) is 37.2 Å². The first-order valence-electron chi connectivity index (χ1n) is 11.5. The summed E-state index contributed by atoms with van der Waals surface area (Å²) >= 11 is 7.60. The molecule has 10 heteroatoms. The molecule has 186 valence electrons. The zero-order valence-electron chi connectivity index (χ0n) is 19.5. The standard InChI is InChI=1S/C25H28ClFN4O3S/c1-33-19-7-5-17(6-8-19)24-29-23(34-30-24)15-31-12-9-18(10-13-31)25(32)28-11-14-35-16-20-21(26)3-2-4-22(20)27/h2-8,18H,9-16H2,1H3,(H,28,32). The molecule has 0 saturated carbocycles. The van der Waals surface area contributed by atoms with Crippen LogP contribution in [0.4, 0.5) is 4.39 Å². The molecule has 7 nitrogen and oxygen atoms in total. The van der Waals surface area contributed by atoms with Crippen molar-refractivity contribution in [3.05, 3.63) is 64.8 Å². The van der Waals surface area contributed by atoms with E-state index in [0.29, 0.717) is 46.9 Å². The summed E-state index contributed by atoms with van der Waals surface area (Å²) in [5.41, 5.74) is 1.38. The summed E-state index contributed by atoms with van der Waals surface area (Å²) in [6.45, 7) is 2.69. The first-order chi connectivity index (χ1) is 17.0. The molecule has 0 atom stereocenters. The lowest BCUT2D eigenvalue weighted by Gasteiger charge is -2.30. The lowest BCUT2D eigenvalue weighted by atomic mass is 9.96. The molecule has 2 aromatic carbocycles. The molecule has 1 fully saturated rings. The highest BCUT2D eigenvalue weighted by Crippen LogP contribution is 2.24. The van der Waals surface area contributed by atoms with Crippen molar-refractivity contribution in [2.45, 2.75) is 25.1 Å². The van der Waals surface area contributed by atoms with Crippen LogP contribution in [0.15, 0.2) is 47.0 Å². The molecule has 4 rings (SSSR count). The minimum absolute atomic E-state index is 0.00481. The Morgan fingerprint density at radius 3 is 2.74 bits per heavy atom. The minimum atomic E-state index is -0.293. The van der Waals surface area contributed by atoms with Crippen LogP contribution in [0.2, 0.25) is 5.02 Å². The molecule has 1 aliphatic rings. The van der Waals surface area contributed by atoms with Gasteiger partial charge in [-0.25, -0.2) is 4.39 Å². The van der Waals surface area contributed by atoms with Crippen molar-refractivity contribution in [3.8, 4) is 17.1 Å². The number of methoxy groups -OCH3 is 1. The second kappa shape index (κ2) is 12.4. The van der Waals surface area contributed by atoms with Gasteiger partial charge in [0, 0.05) is 40.1 Å². The Labute approximate surface area is 213 Å². The van der Waals surface area contributed by atoms with Crippen LogP contribution in [0.3, 0.4) is 0 Å². The van der Waals surface area contributed by atoms with Gasteiger partial charge in [-0.2, -0.15) is 16.7 Å². The van der Waals surface area contributed by atoms with Crippen molar-refractivity contribution < 1.29 is 18.4 Å². The van der Waals surface area contributed by atoms with Crippen LogP contribution in [0.5, 0.6) is 5.75 Å². The number of thioether (sulfide) groups is 1. The minimum Gasteiger partial charge on any atom is -0.497 e. The molecular formula is C25H28ClFN4O3S. The lowest BCUT2D eigenvalue weighted by Crippen LogP contribution is -2.40. The van der Waals surface area contributed by atoms with Gasteiger partial charge in [0.25, 0.3) is 0 Å². The summed E-state index contributed by atoms with van der Waals surface area (Å²) in [6.07, 6.45) is 1.56. The number of likely N-dealkylation sites (tertiary alicyclic amines) is 1. The first kappa shape index (κ1) is 25.5. The quantitative estimate of drug-likeness (QED) is 0.386. The van der Waals surface area contributed by atoms with Gasteiger partial charge in [-0.3, -0.25) is 9.69 Å². The first-order valence-corrected chi connectivity index (χ1v) is 13.0. The fourth-order valence-corrected chi connectivity index (χ4v) is 5.15. The average Bonchev–Trinajstić information content (AvgIpc) is 3.34. The summed E-state index contributed by atoms with van der Waals surface area (Å²) in [4.78, 5) is 19.3. The van der Waals surface area contributed by atoms with Gasteiger partial charge in [0.1, 0.15) is 11.6 Å². The zero-order chi connectivity index (χ0) is 24.6. The number of hydrogen-bond acceptors (Lipinski definition) is 7. The van der Waals surface area contributed by atoms with Crippen LogP contribution < -0.4 is 10.1 Å². The van der Waals surface area contributed by atoms with Gasteiger partial charge in [-0.05, 0) is 62.3 Å². The van der Waals surface area contributed by atoms with E-state index in [9.17, 15) is 9.18 Å². The van der Waals surface area contributed by atoms with E-state index >= 15 is 0 Å². The van der Waals surface area contributed by atoms with Crippen molar-refractivity contribution in [2.24, 2.45) is 5.92 Å². The predicted molar refractivity (Wildman–Crippen MR) is 135 cm³/mol. The van der Waals surface area contributed by atoms with Gasteiger partial charge in [0.15, 0.2) is 0 Å². The van der Waals surface area contributed by atoms with Crippen molar-refractivity contribution in [3.63, 3.8) is 0 Å². The number of aromatic nitrogens is 2. The van der Waals surface area contributed by atoms with Crippen LogP contribution in [0.25, 0.3) is 11.4 Å². The van der Waals surface area contributed by atoms with Gasteiger partial charge < -0.3 is 14.6 Å². The number of carbonyl (C=O) groups excluding carboxylic acids is 1. The molecular weight excluding hydrogens is 491 g/mol. The summed E-state index contributed by atoms with van der Waals surface area (Å²) < 4.78 is 24.4. The Bertz CT molecular complexity index is 1100. The van der Waals surface area contributed by atoms with Crippen LogP contribution >= 0.6 is 23.4 Å². The summed E-state index contributed by atoms with van der Waals surface area (Å²) in [5.74, 6) is 2.84. The third kappa shape index (κ3) is 6.96. The number of piperidine rings is 1. The molecule has 1 N–H and O–H groups in total. The number of nitrogens with one attached hydrogen (secondary N) is 1. The Morgan fingerprint density at radius 2 is 2.03 bits per heavy atom. The average molecular weight is 519 g/mol. The molecule has 0 unspecified atom stereocenters. The maximum atomic E-state index is 13.8. The van der Waals surface area contributed by atoms with Gasteiger partial charge in [0.05, 0.1) is 13.7 Å². The third-order valence-corrected chi connectivity index (χ3v) is 7.33. The number of amides is 1. The Balaban J connectivity index is 1.15. The highest BCUT2D eigenvalue weighted by molar-refractivity contribution is 7.98. The van der Waals surface area contributed by atoms with Crippen LogP contribution in [0, 0.1) is 11.7 Å². The normalized spacial score (nSPS) is 14.7. The smallest absolute Gasteiger partial charge is 0.241 e. The molecule has 0 spiro atoms. The zero-order valence-corrected chi connectivity index (χ0v) is 21.1. The monoisotopic (exact) mass is 518 g/mol. The Morgan fingerprint density at radius 1 is 1.26 bits per heavy atom. The van der Waals surface area contributed by atoms with Gasteiger partial charge in [0.2, 0.25) is 17.6 Å². The molecule has 0 aliphatic carbocycles. The second-order valence-corrected chi connectivity index (χ2v) is 9.85. The van der Waals surface area contributed by atoms with Gasteiger partial charge in [-0.1, -0.05) is 22.8 Å². The fourth-order valence-electron chi connectivity index (χ4n) is 3.96. The largest absolute Gasteiger partial charge is 0.497 e. The molecule has 2 heterocycles. The molecule has 3 aromatic rings. The lowest BCUT2D eigenvalue weighted by molar-refractivity contribution is -0.126. The molecule has 0 bridgehead atoms. The van der Waals surface area contributed by atoms with Crippen molar-refractivity contribution in [2.75, 3.05) is 32.5 Å².